The van der Waals surface area contributed by atoms with Gasteiger partial charge in [-0.15, -0.1) is 37.2 Å². The van der Waals surface area contributed by atoms with Gasteiger partial charge >= 0.3 is 0 Å². The molecule has 2 aliphatic heterocycles. The van der Waals surface area contributed by atoms with Gasteiger partial charge in [-0.2, -0.15) is 0 Å². The molecule has 1 aliphatic carbocycles. The predicted molar refractivity (Wildman–Crippen MR) is 141 cm³/mol. The monoisotopic (exact) mass is 501 g/mol. The van der Waals surface area contributed by atoms with Crippen LogP contribution in [0.2, 0.25) is 0 Å². The second-order valence-electron chi connectivity index (χ2n) is 9.38. The van der Waals surface area contributed by atoms with Crippen molar-refractivity contribution in [1.82, 2.24) is 9.80 Å². The topological polar surface area (TPSA) is 41.7 Å². The fourth-order valence-corrected chi connectivity index (χ4v) is 5.00. The molecular weight excluding hydrogens is 465 g/mol. The Balaban J connectivity index is 0.00000171. The lowest BCUT2D eigenvalue weighted by atomic mass is 9.85. The van der Waals surface area contributed by atoms with Crippen LogP contribution in [0.5, 0.6) is 0 Å². The average Bonchev–Trinajstić information content (AvgIpc) is 2.95. The highest BCUT2D eigenvalue weighted by Crippen LogP contribution is 2.50. The third kappa shape index (κ3) is 5.66. The van der Waals surface area contributed by atoms with Crippen LogP contribution in [-0.2, 0) is 11.3 Å². The van der Waals surface area contributed by atoms with E-state index in [2.05, 4.69) is 61.8 Å². The molecule has 4 rings (SSSR count). The summed E-state index contributed by atoms with van der Waals surface area (Å²) in [6.07, 6.45) is 0.980. The molecule has 1 aromatic rings. The van der Waals surface area contributed by atoms with Gasteiger partial charge in [0.1, 0.15) is 11.5 Å². The van der Waals surface area contributed by atoms with Gasteiger partial charge in [0.15, 0.2) is 0 Å². The van der Waals surface area contributed by atoms with Gasteiger partial charge in [-0.1, -0.05) is 36.8 Å². The van der Waals surface area contributed by atoms with E-state index in [0.29, 0.717) is 0 Å². The van der Waals surface area contributed by atoms with E-state index in [1.54, 1.807) is 0 Å². The summed E-state index contributed by atoms with van der Waals surface area (Å²) in [5.74, 6) is 2.01. The van der Waals surface area contributed by atoms with E-state index in [1.807, 2.05) is 6.92 Å². The summed E-state index contributed by atoms with van der Waals surface area (Å²) in [6.45, 7) is 17.2. The van der Waals surface area contributed by atoms with Crippen LogP contribution in [-0.4, -0.2) is 42.5 Å². The minimum atomic E-state index is -0.0136. The third-order valence-electron chi connectivity index (χ3n) is 6.99. The molecule has 180 valence electrons. The van der Waals surface area contributed by atoms with Gasteiger partial charge in [-0.3, -0.25) is 9.80 Å². The molecule has 7 heteroatoms. The minimum Gasteiger partial charge on any atom is -0.466 e. The molecule has 1 unspecified atom stereocenters. The molecule has 0 aromatic heterocycles. The van der Waals surface area contributed by atoms with Gasteiger partial charge in [0.25, 0.3) is 0 Å². The number of ether oxygens (including phenoxy) is 1. The minimum absolute atomic E-state index is 0. The number of nitrogens with two attached hydrogens (primary N) is 1. The lowest BCUT2D eigenvalue weighted by molar-refractivity contribution is 0.0990. The van der Waals surface area contributed by atoms with Gasteiger partial charge in [-0.25, -0.2) is 0 Å². The van der Waals surface area contributed by atoms with Crippen molar-refractivity contribution in [3.05, 3.63) is 69.3 Å². The van der Waals surface area contributed by atoms with Crippen molar-refractivity contribution in [2.45, 2.75) is 47.6 Å². The molecule has 1 fully saturated rings. The number of hydrogen-bond donors (Lipinski definition) is 1. The predicted octanol–water partition coefficient (Wildman–Crippen LogP) is 5.60. The van der Waals surface area contributed by atoms with Gasteiger partial charge in [0, 0.05) is 61.5 Å². The molecule has 0 saturated carbocycles. The van der Waals surface area contributed by atoms with Crippen molar-refractivity contribution in [1.29, 1.82) is 0 Å². The smallest absolute Gasteiger partial charge is 0.104 e. The summed E-state index contributed by atoms with van der Waals surface area (Å²) in [4.78, 5) is 5.16. The highest BCUT2D eigenvalue weighted by molar-refractivity contribution is 5.86. The normalized spacial score (nSPS) is 23.8. The van der Waals surface area contributed by atoms with Crippen molar-refractivity contribution in [2.75, 3.05) is 32.7 Å². The van der Waals surface area contributed by atoms with Crippen LogP contribution in [0.25, 0.3) is 0 Å². The van der Waals surface area contributed by atoms with Gasteiger partial charge in [-0.05, 0) is 45.3 Å². The molecule has 0 amide bonds. The second-order valence-corrected chi connectivity index (χ2v) is 9.38. The van der Waals surface area contributed by atoms with Crippen LogP contribution in [0.15, 0.2) is 58.2 Å². The highest BCUT2D eigenvalue weighted by Gasteiger charge is 2.43. The molecule has 32 heavy (non-hydrogen) atoms. The Morgan fingerprint density at radius 3 is 2.03 bits per heavy atom. The number of hydrogen-bond acceptors (Lipinski definition) is 4. The summed E-state index contributed by atoms with van der Waals surface area (Å²) in [5.41, 5.74) is 14.3. The molecule has 0 bridgehead atoms. The summed E-state index contributed by atoms with van der Waals surface area (Å²) < 4.78 is 5.97. The fourth-order valence-electron chi connectivity index (χ4n) is 5.00. The zero-order valence-electron chi connectivity index (χ0n) is 19.9. The van der Waals surface area contributed by atoms with Crippen LogP contribution >= 0.6 is 37.2 Å². The lowest BCUT2D eigenvalue weighted by Crippen LogP contribution is -2.49. The molecule has 3 aliphatic rings. The molecule has 1 atom stereocenters. The van der Waals surface area contributed by atoms with Crippen LogP contribution in [0.3, 0.4) is 0 Å². The zero-order chi connectivity index (χ0) is 20.8. The maximum atomic E-state index is 6.76. The first-order chi connectivity index (χ1) is 13.8. The van der Waals surface area contributed by atoms with Gasteiger partial charge in [0.2, 0.25) is 0 Å². The largest absolute Gasteiger partial charge is 0.466 e. The summed E-state index contributed by atoms with van der Waals surface area (Å²) in [5, 5.41) is 0. The molecule has 1 aromatic carbocycles. The van der Waals surface area contributed by atoms with Crippen LogP contribution in [0.4, 0.5) is 0 Å². The lowest BCUT2D eigenvalue weighted by Gasteiger charge is -2.39. The first-order valence-electron chi connectivity index (χ1n) is 10.8. The van der Waals surface area contributed by atoms with Gasteiger partial charge < -0.3 is 10.5 Å². The number of rotatable bonds is 4. The van der Waals surface area contributed by atoms with Crippen molar-refractivity contribution in [3.63, 3.8) is 0 Å². The Labute approximate surface area is 212 Å². The van der Waals surface area contributed by atoms with E-state index < -0.39 is 0 Å². The van der Waals surface area contributed by atoms with Gasteiger partial charge in [0.05, 0.1) is 0 Å². The maximum absolute atomic E-state index is 6.76. The first-order valence-corrected chi connectivity index (χ1v) is 10.8. The average molecular weight is 503 g/mol. The van der Waals surface area contributed by atoms with E-state index in [1.165, 1.54) is 27.8 Å². The second kappa shape index (κ2) is 11.3. The maximum Gasteiger partial charge on any atom is 0.104 e. The number of allylic oxidation sites excluding steroid dienone is 5. The number of benzene rings is 1. The Morgan fingerprint density at radius 1 is 0.875 bits per heavy atom. The third-order valence-corrected chi connectivity index (χ3v) is 6.99. The summed E-state index contributed by atoms with van der Waals surface area (Å²) >= 11 is 0. The molecule has 2 heterocycles. The van der Waals surface area contributed by atoms with Crippen LogP contribution in [0, 0.1) is 12.3 Å². The summed E-state index contributed by atoms with van der Waals surface area (Å²) in [7, 11) is 0. The Kier molecular flexibility index (Phi) is 10.2. The number of halogens is 3. The van der Waals surface area contributed by atoms with Crippen LogP contribution in [0.1, 0.15) is 45.2 Å². The standard InChI is InChI=1S/C25H35N3O.3ClH/c1-17-6-8-21(9-7-17)15-27-10-12-28(13-11-27)16-25(5)14-22-20(4)29-19(3)18(2)23(22)24(25)26;;;/h6-9H,10-16,26H2,1-5H3;3*1H. The van der Waals surface area contributed by atoms with Crippen molar-refractivity contribution in [3.8, 4) is 0 Å². The van der Waals surface area contributed by atoms with E-state index in [-0.39, 0.29) is 42.6 Å². The molecular formula is C25H38Cl3N3O. The molecule has 0 radical (unpaired) electrons. The Hall–Kier alpha value is -1.17. The number of aryl methyl sites for hydroxylation is 1. The van der Waals surface area contributed by atoms with E-state index >= 15 is 0 Å². The SMILES string of the molecule is CC1=C(C)C2=C(N)C(C)(CN3CCN(Cc4ccc(C)cc4)CC3)CC2=C(C)O1.Cl.Cl.Cl. The highest BCUT2D eigenvalue weighted by atomic mass is 35.5. The Bertz CT molecular complexity index is 900. The van der Waals surface area contributed by atoms with E-state index in [4.69, 9.17) is 10.5 Å². The zero-order valence-corrected chi connectivity index (χ0v) is 22.3. The van der Waals surface area contributed by atoms with E-state index in [0.717, 1.165) is 62.9 Å². The summed E-state index contributed by atoms with van der Waals surface area (Å²) in [6, 6.07) is 8.93. The van der Waals surface area contributed by atoms with E-state index in [9.17, 15) is 0 Å². The van der Waals surface area contributed by atoms with Crippen molar-refractivity contribution < 1.29 is 4.74 Å². The Morgan fingerprint density at radius 2 is 1.44 bits per heavy atom. The quantitative estimate of drug-likeness (QED) is 0.582. The van der Waals surface area contributed by atoms with Crippen LogP contribution < -0.4 is 5.73 Å². The van der Waals surface area contributed by atoms with Crippen molar-refractivity contribution in [2.24, 2.45) is 11.1 Å². The molecule has 1 saturated heterocycles. The van der Waals surface area contributed by atoms with Crippen molar-refractivity contribution >= 4 is 37.2 Å². The molecule has 4 nitrogen and oxygen atoms in total. The fraction of sp³-hybridized carbons (Fsp3) is 0.520. The first kappa shape index (κ1) is 28.9. The number of piperazine rings is 1. The number of nitrogens with zero attached hydrogens (tertiary/aromatic N) is 2. The molecule has 2 N–H and O–H groups in total. The number of fused-ring (bicyclic) bond motifs is 1. The molecule has 0 spiro atoms.